The molecule has 3 heterocycles. The van der Waals surface area contributed by atoms with E-state index in [2.05, 4.69) is 29.9 Å². The van der Waals surface area contributed by atoms with E-state index in [-0.39, 0.29) is 17.0 Å². The first-order chi connectivity index (χ1) is 11.2. The number of aromatic nitrogens is 3. The van der Waals surface area contributed by atoms with E-state index in [1.807, 2.05) is 11.6 Å². The molecule has 0 amide bonds. The molecular weight excluding hydrogens is 338 g/mol. The lowest BCUT2D eigenvalue weighted by molar-refractivity contribution is 0.0594. The molecule has 1 N–H and O–H groups in total. The minimum Gasteiger partial charge on any atom is -0.464 e. The molecule has 2 aromatic rings. The van der Waals surface area contributed by atoms with Crippen molar-refractivity contribution in [2.45, 2.75) is 18.9 Å². The topological polar surface area (TPSA) is 80.2 Å². The van der Waals surface area contributed by atoms with Gasteiger partial charge in [0.05, 0.1) is 7.11 Å². The number of anilines is 2. The quantitative estimate of drug-likeness (QED) is 0.668. The Labute approximate surface area is 142 Å². The Morgan fingerprint density at radius 2 is 2.22 bits per heavy atom. The van der Waals surface area contributed by atoms with Gasteiger partial charge >= 0.3 is 5.97 Å². The van der Waals surface area contributed by atoms with Crippen molar-refractivity contribution in [3.05, 3.63) is 28.6 Å². The Hall–Kier alpha value is -1.93. The monoisotopic (exact) mass is 353 g/mol. The third kappa shape index (κ3) is 3.89. The predicted octanol–water partition coefficient (Wildman–Crippen LogP) is 2.45. The number of hydrogen-bond acceptors (Lipinski definition) is 8. The summed E-state index contributed by atoms with van der Waals surface area (Å²) in [6, 6.07) is 1.83. The van der Waals surface area contributed by atoms with E-state index in [1.165, 1.54) is 7.11 Å². The minimum atomic E-state index is -0.532. The number of esters is 1. The number of thiazole rings is 1. The second-order valence-electron chi connectivity index (χ2n) is 5.12. The highest BCUT2D eigenvalue weighted by molar-refractivity contribution is 7.13. The molecule has 2 aromatic heterocycles. The number of ether oxygens (including phenoxy) is 1. The van der Waals surface area contributed by atoms with Crippen LogP contribution in [0.1, 0.15) is 23.3 Å². The molecule has 3 rings (SSSR count). The molecule has 0 spiro atoms. The average molecular weight is 354 g/mol. The standard InChI is InChI=1S/C14H16ClN5O2S/c1-22-12(21)10-8-11(19-13(15)18-10)17-9-2-5-20(6-3-9)14-16-4-7-23-14/h4,7-9H,2-3,5-6H2,1H3,(H,17,18,19). The lowest BCUT2D eigenvalue weighted by Gasteiger charge is -2.32. The lowest BCUT2D eigenvalue weighted by Crippen LogP contribution is -2.39. The van der Waals surface area contributed by atoms with E-state index in [0.717, 1.165) is 31.1 Å². The summed E-state index contributed by atoms with van der Waals surface area (Å²) in [6.07, 6.45) is 3.73. The van der Waals surface area contributed by atoms with Crippen LogP contribution in [0, 0.1) is 0 Å². The number of nitrogens with one attached hydrogen (secondary N) is 1. The molecule has 0 aliphatic carbocycles. The fourth-order valence-corrected chi connectivity index (χ4v) is 3.38. The van der Waals surface area contributed by atoms with Crippen LogP contribution in [0.15, 0.2) is 17.6 Å². The van der Waals surface area contributed by atoms with Gasteiger partial charge in [0.15, 0.2) is 10.8 Å². The van der Waals surface area contributed by atoms with Gasteiger partial charge in [-0.1, -0.05) is 0 Å². The molecule has 1 fully saturated rings. The van der Waals surface area contributed by atoms with Gasteiger partial charge in [0, 0.05) is 36.8 Å². The molecule has 23 heavy (non-hydrogen) atoms. The highest BCUT2D eigenvalue weighted by atomic mass is 35.5. The highest BCUT2D eigenvalue weighted by Crippen LogP contribution is 2.23. The SMILES string of the molecule is COC(=O)c1cc(NC2CCN(c3nccs3)CC2)nc(Cl)n1. The largest absolute Gasteiger partial charge is 0.464 e. The van der Waals surface area contributed by atoms with Crippen molar-refractivity contribution in [2.75, 3.05) is 30.4 Å². The van der Waals surface area contributed by atoms with Crippen LogP contribution in [-0.2, 0) is 4.74 Å². The molecule has 0 radical (unpaired) electrons. The molecule has 0 saturated carbocycles. The predicted molar refractivity (Wildman–Crippen MR) is 89.4 cm³/mol. The van der Waals surface area contributed by atoms with Gasteiger partial charge in [-0.25, -0.2) is 19.7 Å². The molecular formula is C14H16ClN5O2S. The van der Waals surface area contributed by atoms with Gasteiger partial charge < -0.3 is 15.0 Å². The highest BCUT2D eigenvalue weighted by Gasteiger charge is 2.21. The van der Waals surface area contributed by atoms with Gasteiger partial charge in [-0.2, -0.15) is 0 Å². The number of nitrogens with zero attached hydrogens (tertiary/aromatic N) is 4. The van der Waals surface area contributed by atoms with E-state index in [0.29, 0.717) is 5.82 Å². The molecule has 1 aliphatic heterocycles. The van der Waals surface area contributed by atoms with Crippen molar-refractivity contribution in [3.63, 3.8) is 0 Å². The Morgan fingerprint density at radius 1 is 1.43 bits per heavy atom. The van der Waals surface area contributed by atoms with E-state index in [4.69, 9.17) is 11.6 Å². The molecule has 7 nitrogen and oxygen atoms in total. The van der Waals surface area contributed by atoms with Gasteiger partial charge in [0.1, 0.15) is 5.82 Å². The van der Waals surface area contributed by atoms with Crippen LogP contribution in [0.3, 0.4) is 0 Å². The summed E-state index contributed by atoms with van der Waals surface area (Å²) >= 11 is 7.52. The molecule has 1 aliphatic rings. The van der Waals surface area contributed by atoms with Gasteiger partial charge in [0.2, 0.25) is 5.28 Å². The minimum absolute atomic E-state index is 0.0237. The smallest absolute Gasteiger partial charge is 0.356 e. The molecule has 0 atom stereocenters. The van der Waals surface area contributed by atoms with Crippen LogP contribution in [-0.4, -0.2) is 47.2 Å². The zero-order valence-electron chi connectivity index (χ0n) is 12.5. The van der Waals surface area contributed by atoms with E-state index in [9.17, 15) is 4.79 Å². The first kappa shape index (κ1) is 15.9. The summed E-state index contributed by atoms with van der Waals surface area (Å²) in [5, 5.41) is 6.38. The van der Waals surface area contributed by atoms with Crippen LogP contribution < -0.4 is 10.2 Å². The second kappa shape index (κ2) is 7.10. The first-order valence-corrected chi connectivity index (χ1v) is 8.45. The first-order valence-electron chi connectivity index (χ1n) is 7.19. The Morgan fingerprint density at radius 3 is 2.87 bits per heavy atom. The van der Waals surface area contributed by atoms with Crippen LogP contribution in [0.2, 0.25) is 5.28 Å². The van der Waals surface area contributed by atoms with Gasteiger partial charge in [-0.05, 0) is 24.4 Å². The number of hydrogen-bond donors (Lipinski definition) is 1. The Kier molecular flexibility index (Phi) is 4.92. The van der Waals surface area contributed by atoms with Crippen LogP contribution in [0.5, 0.6) is 0 Å². The fraction of sp³-hybridized carbons (Fsp3) is 0.429. The molecule has 0 unspecified atom stereocenters. The molecule has 1 saturated heterocycles. The number of methoxy groups -OCH3 is 1. The Bertz CT molecular complexity index is 674. The van der Waals surface area contributed by atoms with Gasteiger partial charge in [-0.15, -0.1) is 11.3 Å². The van der Waals surface area contributed by atoms with Crippen molar-refractivity contribution < 1.29 is 9.53 Å². The summed E-state index contributed by atoms with van der Waals surface area (Å²) in [5.41, 5.74) is 0.148. The van der Waals surface area contributed by atoms with Crippen LogP contribution in [0.25, 0.3) is 0 Å². The summed E-state index contributed by atoms with van der Waals surface area (Å²) < 4.78 is 4.66. The maximum Gasteiger partial charge on any atom is 0.356 e. The zero-order chi connectivity index (χ0) is 16.2. The summed E-state index contributed by atoms with van der Waals surface area (Å²) in [6.45, 7) is 1.85. The lowest BCUT2D eigenvalue weighted by atomic mass is 10.1. The third-order valence-electron chi connectivity index (χ3n) is 3.63. The van der Waals surface area contributed by atoms with E-state index < -0.39 is 5.97 Å². The van der Waals surface area contributed by atoms with Crippen molar-refractivity contribution in [1.82, 2.24) is 15.0 Å². The molecule has 122 valence electrons. The fourth-order valence-electron chi connectivity index (χ4n) is 2.50. The van der Waals surface area contributed by atoms with Crippen molar-refractivity contribution in [3.8, 4) is 0 Å². The molecule has 0 bridgehead atoms. The van der Waals surface area contributed by atoms with Crippen molar-refractivity contribution in [2.24, 2.45) is 0 Å². The number of piperidine rings is 1. The maximum atomic E-state index is 11.6. The van der Waals surface area contributed by atoms with Gasteiger partial charge in [-0.3, -0.25) is 0 Å². The van der Waals surface area contributed by atoms with Crippen LogP contribution >= 0.6 is 22.9 Å². The number of carbonyl (C=O) groups excluding carboxylic acids is 1. The summed E-state index contributed by atoms with van der Waals surface area (Å²) in [7, 11) is 1.31. The van der Waals surface area contributed by atoms with Gasteiger partial charge in [0.25, 0.3) is 0 Å². The maximum absolute atomic E-state index is 11.6. The number of carbonyl (C=O) groups is 1. The van der Waals surface area contributed by atoms with Crippen molar-refractivity contribution in [1.29, 1.82) is 0 Å². The molecule has 0 aromatic carbocycles. The summed E-state index contributed by atoms with van der Waals surface area (Å²) in [4.78, 5) is 26.2. The third-order valence-corrected chi connectivity index (χ3v) is 4.63. The van der Waals surface area contributed by atoms with E-state index in [1.54, 1.807) is 17.4 Å². The Balaban J connectivity index is 1.62. The normalized spacial score (nSPS) is 15.5. The van der Waals surface area contributed by atoms with Crippen LogP contribution in [0.4, 0.5) is 10.9 Å². The van der Waals surface area contributed by atoms with E-state index >= 15 is 0 Å². The number of halogens is 1. The summed E-state index contributed by atoms with van der Waals surface area (Å²) in [5.74, 6) is 0.00837. The zero-order valence-corrected chi connectivity index (χ0v) is 14.1. The number of rotatable bonds is 4. The van der Waals surface area contributed by atoms with Crippen molar-refractivity contribution >= 4 is 39.9 Å². The average Bonchev–Trinajstić information content (AvgIpc) is 3.08. The molecule has 9 heteroatoms. The second-order valence-corrected chi connectivity index (χ2v) is 6.33.